The number of Topliss-reactive ketones (excluding diaryl/α,β-unsaturated/α-hetero) is 1. The Kier molecular flexibility index (Phi) is 4.97. The molecule has 1 aromatic rings. The smallest absolute Gasteiger partial charge is 0.186 e. The molecule has 1 aromatic carbocycles. The molecule has 120 valence electrons. The van der Waals surface area contributed by atoms with Crippen LogP contribution in [0.25, 0.3) is 0 Å². The highest BCUT2D eigenvalue weighted by molar-refractivity contribution is 6.30. The summed E-state index contributed by atoms with van der Waals surface area (Å²) in [5.41, 5.74) is 5.43. The molecule has 1 fully saturated rings. The number of hydrazone groups is 1. The summed E-state index contributed by atoms with van der Waals surface area (Å²) in [7, 11) is 0. The number of nitrogens with zero attached hydrogens (tertiary/aromatic N) is 3. The van der Waals surface area contributed by atoms with Crippen LogP contribution < -0.4 is 5.01 Å². The summed E-state index contributed by atoms with van der Waals surface area (Å²) in [6.07, 6.45) is 5.23. The van der Waals surface area contributed by atoms with E-state index in [1.807, 2.05) is 31.2 Å². The number of rotatable bonds is 4. The first-order chi connectivity index (χ1) is 11.1. The number of hydrogen-bond donors (Lipinski definition) is 0. The lowest BCUT2D eigenvalue weighted by Gasteiger charge is -2.26. The molecule has 0 saturated carbocycles. The average Bonchev–Trinajstić information content (AvgIpc) is 2.57. The van der Waals surface area contributed by atoms with E-state index in [1.165, 1.54) is 19.3 Å². The molecule has 4 nitrogen and oxygen atoms in total. The van der Waals surface area contributed by atoms with Gasteiger partial charge in [-0.3, -0.25) is 9.69 Å². The van der Waals surface area contributed by atoms with E-state index < -0.39 is 0 Å². The Morgan fingerprint density at radius 3 is 2.57 bits per heavy atom. The Morgan fingerprint density at radius 1 is 1.22 bits per heavy atom. The molecule has 0 amide bonds. The average molecular weight is 330 g/mol. The highest BCUT2D eigenvalue weighted by Gasteiger charge is 2.19. The maximum absolute atomic E-state index is 12.4. The van der Waals surface area contributed by atoms with Crippen LogP contribution in [0.2, 0.25) is 5.02 Å². The number of carbonyl (C=O) groups is 1. The number of anilines is 1. The third-order valence-corrected chi connectivity index (χ3v) is 4.38. The van der Waals surface area contributed by atoms with Crippen LogP contribution >= 0.6 is 11.6 Å². The third kappa shape index (κ3) is 3.91. The zero-order chi connectivity index (χ0) is 16.2. The molecule has 0 aliphatic carbocycles. The van der Waals surface area contributed by atoms with Gasteiger partial charge < -0.3 is 0 Å². The van der Waals surface area contributed by atoms with Gasteiger partial charge in [-0.1, -0.05) is 23.8 Å². The first kappa shape index (κ1) is 16.0. The zero-order valence-electron chi connectivity index (χ0n) is 13.3. The number of benzene rings is 1. The normalized spacial score (nSPS) is 18.6. The second-order valence-electron chi connectivity index (χ2n) is 5.92. The second kappa shape index (κ2) is 7.14. The molecule has 0 atom stereocenters. The van der Waals surface area contributed by atoms with Crippen LogP contribution in [-0.4, -0.2) is 36.5 Å². The first-order valence-corrected chi connectivity index (χ1v) is 8.34. The summed E-state index contributed by atoms with van der Waals surface area (Å²) in [6.45, 7) is 4.38. The minimum absolute atomic E-state index is 0.0887. The fourth-order valence-corrected chi connectivity index (χ4v) is 3.00. The molecule has 0 aromatic heterocycles. The van der Waals surface area contributed by atoms with Crippen LogP contribution in [0.15, 0.2) is 46.4 Å². The van der Waals surface area contributed by atoms with Crippen LogP contribution in [0.4, 0.5) is 5.69 Å². The number of likely N-dealkylation sites (tertiary alicyclic amines) is 1. The van der Waals surface area contributed by atoms with Crippen molar-refractivity contribution in [1.29, 1.82) is 0 Å². The summed E-state index contributed by atoms with van der Waals surface area (Å²) in [6, 6.07) is 7.43. The minimum Gasteiger partial charge on any atom is -0.296 e. The summed E-state index contributed by atoms with van der Waals surface area (Å²) in [5, 5.41) is 6.84. The molecule has 0 radical (unpaired) electrons. The lowest BCUT2D eigenvalue weighted by Crippen LogP contribution is -2.35. The molecule has 5 heteroatoms. The lowest BCUT2D eigenvalue weighted by atomic mass is 10.1. The van der Waals surface area contributed by atoms with E-state index in [-0.39, 0.29) is 5.78 Å². The van der Waals surface area contributed by atoms with Gasteiger partial charge >= 0.3 is 0 Å². The van der Waals surface area contributed by atoms with E-state index in [2.05, 4.69) is 15.7 Å². The summed E-state index contributed by atoms with van der Waals surface area (Å²) < 4.78 is 0. The summed E-state index contributed by atoms with van der Waals surface area (Å²) >= 11 is 5.91. The topological polar surface area (TPSA) is 35.9 Å². The lowest BCUT2D eigenvalue weighted by molar-refractivity contribution is -0.116. The van der Waals surface area contributed by atoms with Crippen molar-refractivity contribution in [2.75, 3.05) is 24.6 Å². The van der Waals surface area contributed by atoms with E-state index in [0.717, 1.165) is 24.5 Å². The summed E-state index contributed by atoms with van der Waals surface area (Å²) in [4.78, 5) is 14.6. The van der Waals surface area contributed by atoms with Crippen molar-refractivity contribution in [2.24, 2.45) is 5.10 Å². The Hall–Kier alpha value is -1.87. The van der Waals surface area contributed by atoms with Gasteiger partial charge in [0.05, 0.1) is 29.7 Å². The van der Waals surface area contributed by atoms with Gasteiger partial charge in [0.2, 0.25) is 0 Å². The number of piperidine rings is 1. The van der Waals surface area contributed by atoms with Crippen molar-refractivity contribution in [3.05, 3.63) is 46.3 Å². The molecule has 1 saturated heterocycles. The molecule has 0 unspecified atom stereocenters. The standard InChI is InChI=1S/C18H20ClN3O/c1-14-11-15(18(23)13-21-9-3-2-4-10-21)12-20-22(14)17-7-5-16(19)6-8-17/h5-8,12H,2-4,9-10,13H2,1H3. The van der Waals surface area contributed by atoms with Crippen molar-refractivity contribution >= 4 is 29.3 Å². The van der Waals surface area contributed by atoms with Crippen LogP contribution in [0.3, 0.4) is 0 Å². The predicted molar refractivity (Wildman–Crippen MR) is 93.9 cm³/mol. The van der Waals surface area contributed by atoms with Gasteiger partial charge in [-0.2, -0.15) is 5.10 Å². The van der Waals surface area contributed by atoms with Crippen LogP contribution in [0, 0.1) is 0 Å². The SMILES string of the molecule is CC1=C=C(C(=O)CN2CCCCC2)C=NN1c1ccc(Cl)cc1. The fraction of sp³-hybridized carbons (Fsp3) is 0.389. The Morgan fingerprint density at radius 2 is 1.91 bits per heavy atom. The molecule has 0 N–H and O–H groups in total. The van der Waals surface area contributed by atoms with E-state index >= 15 is 0 Å². The predicted octanol–water partition coefficient (Wildman–Crippen LogP) is 3.63. The van der Waals surface area contributed by atoms with Gasteiger partial charge in [-0.25, -0.2) is 5.01 Å². The molecule has 2 aliphatic heterocycles. The molecule has 23 heavy (non-hydrogen) atoms. The van der Waals surface area contributed by atoms with E-state index in [0.29, 0.717) is 17.1 Å². The molecule has 0 bridgehead atoms. The quantitative estimate of drug-likeness (QED) is 0.791. The van der Waals surface area contributed by atoms with E-state index in [4.69, 9.17) is 11.6 Å². The van der Waals surface area contributed by atoms with Crippen molar-refractivity contribution in [3.63, 3.8) is 0 Å². The Bertz CT molecular complexity index is 681. The van der Waals surface area contributed by atoms with E-state index in [9.17, 15) is 4.79 Å². The van der Waals surface area contributed by atoms with Crippen molar-refractivity contribution in [1.82, 2.24) is 4.90 Å². The van der Waals surface area contributed by atoms with Gasteiger partial charge in [0.15, 0.2) is 5.78 Å². The first-order valence-electron chi connectivity index (χ1n) is 7.96. The highest BCUT2D eigenvalue weighted by atomic mass is 35.5. The van der Waals surface area contributed by atoms with Gasteiger partial charge in [0.25, 0.3) is 0 Å². The third-order valence-electron chi connectivity index (χ3n) is 4.12. The molecule has 0 spiro atoms. The largest absolute Gasteiger partial charge is 0.296 e. The number of ketones is 1. The number of carbonyl (C=O) groups excluding carboxylic acids is 1. The monoisotopic (exact) mass is 329 g/mol. The van der Waals surface area contributed by atoms with E-state index in [1.54, 1.807) is 11.2 Å². The van der Waals surface area contributed by atoms with Crippen molar-refractivity contribution in [2.45, 2.75) is 26.2 Å². The molecule has 3 rings (SSSR count). The molecule has 2 heterocycles. The highest BCUT2D eigenvalue weighted by Crippen LogP contribution is 2.23. The maximum atomic E-state index is 12.4. The number of halogens is 1. The zero-order valence-corrected chi connectivity index (χ0v) is 14.0. The minimum atomic E-state index is 0.0887. The Labute approximate surface area is 141 Å². The maximum Gasteiger partial charge on any atom is 0.186 e. The van der Waals surface area contributed by atoms with Crippen LogP contribution in [0.1, 0.15) is 26.2 Å². The second-order valence-corrected chi connectivity index (χ2v) is 6.35. The van der Waals surface area contributed by atoms with Crippen LogP contribution in [-0.2, 0) is 4.79 Å². The van der Waals surface area contributed by atoms with Gasteiger partial charge in [0.1, 0.15) is 0 Å². The van der Waals surface area contributed by atoms with Crippen molar-refractivity contribution in [3.8, 4) is 0 Å². The van der Waals surface area contributed by atoms with Crippen molar-refractivity contribution < 1.29 is 4.79 Å². The molecular weight excluding hydrogens is 310 g/mol. The van der Waals surface area contributed by atoms with Crippen LogP contribution in [0.5, 0.6) is 0 Å². The molecule has 2 aliphatic rings. The van der Waals surface area contributed by atoms with Gasteiger partial charge in [0, 0.05) is 5.02 Å². The number of hydrogen-bond acceptors (Lipinski definition) is 4. The summed E-state index contributed by atoms with van der Waals surface area (Å²) in [5.74, 6) is 0.0887. The Balaban J connectivity index is 1.74. The fourth-order valence-electron chi connectivity index (χ4n) is 2.87. The molecular formula is C18H20ClN3O. The van der Waals surface area contributed by atoms with Gasteiger partial charge in [-0.15, -0.1) is 0 Å². The van der Waals surface area contributed by atoms with Gasteiger partial charge in [-0.05, 0) is 57.1 Å².